The predicted octanol–water partition coefficient (Wildman–Crippen LogP) is 1.29. The van der Waals surface area contributed by atoms with Crippen LogP contribution in [0.4, 0.5) is 0 Å². The third-order valence-corrected chi connectivity index (χ3v) is 2.52. The van der Waals surface area contributed by atoms with Gasteiger partial charge in [0.05, 0.1) is 11.9 Å². The topological polar surface area (TPSA) is 30.7 Å². The summed E-state index contributed by atoms with van der Waals surface area (Å²) in [4.78, 5) is 1.57. The van der Waals surface area contributed by atoms with E-state index in [9.17, 15) is 0 Å². The Morgan fingerprint density at radius 3 is 3.09 bits per heavy atom. The maximum Gasteiger partial charge on any atom is 0.0925 e. The van der Waals surface area contributed by atoms with E-state index in [4.69, 9.17) is 11.6 Å². The van der Waals surface area contributed by atoms with Gasteiger partial charge in [-0.1, -0.05) is 0 Å². The molecule has 0 aliphatic carbocycles. The fourth-order valence-corrected chi connectivity index (χ4v) is 1.61. The van der Waals surface area contributed by atoms with E-state index in [-0.39, 0.29) is 0 Å². The number of alkyl halides is 1. The number of aryl methyl sites for hydroxylation is 1. The summed E-state index contributed by atoms with van der Waals surface area (Å²) in [5, 5.41) is 8.08. The van der Waals surface area contributed by atoms with Crippen molar-refractivity contribution in [2.75, 3.05) is 11.6 Å². The van der Waals surface area contributed by atoms with Gasteiger partial charge in [0.25, 0.3) is 0 Å². The number of aromatic nitrogens is 3. The zero-order valence-electron chi connectivity index (χ0n) is 6.33. The van der Waals surface area contributed by atoms with Gasteiger partial charge in [-0.05, 0) is 0 Å². The summed E-state index contributed by atoms with van der Waals surface area (Å²) < 4.78 is 0. The van der Waals surface area contributed by atoms with Crippen molar-refractivity contribution in [2.45, 2.75) is 5.75 Å². The molecule has 0 aromatic carbocycles. The molecule has 0 fully saturated rings. The van der Waals surface area contributed by atoms with Gasteiger partial charge in [-0.2, -0.15) is 26.8 Å². The van der Waals surface area contributed by atoms with Gasteiger partial charge >= 0.3 is 0 Å². The third kappa shape index (κ3) is 3.12. The minimum Gasteiger partial charge on any atom is -0.188 e. The van der Waals surface area contributed by atoms with Crippen LogP contribution in [-0.4, -0.2) is 26.6 Å². The number of hydrogen-bond donors (Lipinski definition) is 0. The van der Waals surface area contributed by atoms with Gasteiger partial charge in [0.2, 0.25) is 0 Å². The molecule has 0 saturated carbocycles. The van der Waals surface area contributed by atoms with Crippen LogP contribution in [0.5, 0.6) is 0 Å². The maximum atomic E-state index is 5.51. The largest absolute Gasteiger partial charge is 0.188 e. The molecule has 3 nitrogen and oxygen atoms in total. The summed E-state index contributed by atoms with van der Waals surface area (Å²) in [5.74, 6) is 2.57. The van der Waals surface area contributed by atoms with Crippen LogP contribution in [0, 0.1) is 0 Å². The van der Waals surface area contributed by atoms with Gasteiger partial charge < -0.3 is 0 Å². The molecule has 0 amide bonds. The van der Waals surface area contributed by atoms with E-state index in [0.717, 1.165) is 17.2 Å². The van der Waals surface area contributed by atoms with Gasteiger partial charge in [0.1, 0.15) is 0 Å². The molecule has 0 radical (unpaired) electrons. The molecule has 62 valence electrons. The zero-order valence-corrected chi connectivity index (χ0v) is 7.90. The third-order valence-electron chi connectivity index (χ3n) is 1.12. The standard InChI is InChI=1S/C6H10ClN3S/c1-10-8-4-6(9-10)5-11-3-2-7/h4H,2-3,5H2,1H3. The van der Waals surface area contributed by atoms with Crippen LogP contribution in [-0.2, 0) is 12.8 Å². The molecule has 0 N–H and O–H groups in total. The first-order valence-corrected chi connectivity index (χ1v) is 5.01. The minimum absolute atomic E-state index is 0.699. The van der Waals surface area contributed by atoms with Crippen molar-refractivity contribution in [1.82, 2.24) is 15.0 Å². The second-order valence-electron chi connectivity index (χ2n) is 2.07. The van der Waals surface area contributed by atoms with Crippen molar-refractivity contribution in [1.29, 1.82) is 0 Å². The minimum atomic E-state index is 0.699. The second kappa shape index (κ2) is 4.62. The molecule has 1 aromatic rings. The van der Waals surface area contributed by atoms with E-state index < -0.39 is 0 Å². The van der Waals surface area contributed by atoms with Gasteiger partial charge in [0, 0.05) is 24.4 Å². The number of nitrogens with zero attached hydrogens (tertiary/aromatic N) is 3. The Hall–Kier alpha value is -0.220. The van der Waals surface area contributed by atoms with Crippen LogP contribution in [0.25, 0.3) is 0 Å². The molecule has 1 rings (SSSR count). The molecule has 0 spiro atoms. The summed E-state index contributed by atoms with van der Waals surface area (Å²) in [7, 11) is 1.82. The number of rotatable bonds is 4. The maximum absolute atomic E-state index is 5.51. The lowest BCUT2D eigenvalue weighted by Crippen LogP contribution is -1.92. The molecular formula is C6H10ClN3S. The van der Waals surface area contributed by atoms with E-state index in [0.29, 0.717) is 5.88 Å². The van der Waals surface area contributed by atoms with E-state index in [1.54, 1.807) is 22.8 Å². The predicted molar refractivity (Wildman–Crippen MR) is 47.9 cm³/mol. The highest BCUT2D eigenvalue weighted by atomic mass is 35.5. The lowest BCUT2D eigenvalue weighted by molar-refractivity contribution is 0.649. The Labute approximate surface area is 75.1 Å². The SMILES string of the molecule is Cn1ncc(CSCCCl)n1. The molecule has 0 saturated heterocycles. The summed E-state index contributed by atoms with van der Waals surface area (Å²) in [5.41, 5.74) is 1.02. The monoisotopic (exact) mass is 191 g/mol. The summed E-state index contributed by atoms with van der Waals surface area (Å²) in [6.07, 6.45) is 1.78. The Morgan fingerprint density at radius 1 is 1.73 bits per heavy atom. The lowest BCUT2D eigenvalue weighted by atomic mass is 10.6. The highest BCUT2D eigenvalue weighted by Crippen LogP contribution is 2.08. The van der Waals surface area contributed by atoms with E-state index in [1.807, 2.05) is 7.05 Å². The molecule has 0 bridgehead atoms. The van der Waals surface area contributed by atoms with Crippen LogP contribution in [0.1, 0.15) is 5.69 Å². The molecular weight excluding hydrogens is 182 g/mol. The normalized spacial score (nSPS) is 10.4. The van der Waals surface area contributed by atoms with Gasteiger partial charge in [-0.25, -0.2) is 0 Å². The van der Waals surface area contributed by atoms with Crippen molar-refractivity contribution in [3.8, 4) is 0 Å². The van der Waals surface area contributed by atoms with Crippen LogP contribution < -0.4 is 0 Å². The Kier molecular flexibility index (Phi) is 3.72. The Balaban J connectivity index is 2.27. The molecule has 1 aromatic heterocycles. The van der Waals surface area contributed by atoms with Crippen LogP contribution >= 0.6 is 23.4 Å². The molecule has 0 unspecified atom stereocenters. The summed E-state index contributed by atoms with van der Waals surface area (Å²) >= 11 is 7.28. The summed E-state index contributed by atoms with van der Waals surface area (Å²) in [6, 6.07) is 0. The average molecular weight is 192 g/mol. The average Bonchev–Trinajstić information content (AvgIpc) is 2.37. The van der Waals surface area contributed by atoms with Crippen LogP contribution in [0.15, 0.2) is 6.20 Å². The number of thioether (sulfide) groups is 1. The molecule has 0 aliphatic rings. The van der Waals surface area contributed by atoms with E-state index >= 15 is 0 Å². The number of hydrogen-bond acceptors (Lipinski definition) is 3. The van der Waals surface area contributed by atoms with Crippen molar-refractivity contribution in [3.63, 3.8) is 0 Å². The zero-order chi connectivity index (χ0) is 8.10. The van der Waals surface area contributed by atoms with E-state index in [1.165, 1.54) is 0 Å². The molecule has 1 heterocycles. The first-order valence-electron chi connectivity index (χ1n) is 3.32. The lowest BCUT2D eigenvalue weighted by Gasteiger charge is -1.92. The quantitative estimate of drug-likeness (QED) is 0.531. The second-order valence-corrected chi connectivity index (χ2v) is 3.55. The van der Waals surface area contributed by atoms with Crippen LogP contribution in [0.3, 0.4) is 0 Å². The van der Waals surface area contributed by atoms with Crippen molar-refractivity contribution in [3.05, 3.63) is 11.9 Å². The van der Waals surface area contributed by atoms with Gasteiger partial charge in [0.15, 0.2) is 0 Å². The molecule has 0 aliphatic heterocycles. The molecule has 11 heavy (non-hydrogen) atoms. The first kappa shape index (κ1) is 8.87. The van der Waals surface area contributed by atoms with Crippen molar-refractivity contribution >= 4 is 23.4 Å². The highest BCUT2D eigenvalue weighted by molar-refractivity contribution is 7.98. The van der Waals surface area contributed by atoms with Gasteiger partial charge in [-0.15, -0.1) is 11.6 Å². The Morgan fingerprint density at radius 2 is 2.55 bits per heavy atom. The molecule has 5 heteroatoms. The molecule has 0 atom stereocenters. The summed E-state index contributed by atoms with van der Waals surface area (Å²) in [6.45, 7) is 0. The fourth-order valence-electron chi connectivity index (χ4n) is 0.685. The fraction of sp³-hybridized carbons (Fsp3) is 0.667. The van der Waals surface area contributed by atoms with Crippen molar-refractivity contribution < 1.29 is 0 Å². The van der Waals surface area contributed by atoms with E-state index in [2.05, 4.69) is 10.2 Å². The van der Waals surface area contributed by atoms with Crippen LogP contribution in [0.2, 0.25) is 0 Å². The smallest absolute Gasteiger partial charge is 0.0925 e. The Bertz CT molecular complexity index is 213. The van der Waals surface area contributed by atoms with Crippen molar-refractivity contribution in [2.24, 2.45) is 7.05 Å². The highest BCUT2D eigenvalue weighted by Gasteiger charge is 1.96. The first-order chi connectivity index (χ1) is 5.33. The number of halogens is 1. The van der Waals surface area contributed by atoms with Gasteiger partial charge in [-0.3, -0.25) is 0 Å².